The van der Waals surface area contributed by atoms with Gasteiger partial charge in [-0.15, -0.1) is 11.3 Å². The molecule has 1 heterocycles. The van der Waals surface area contributed by atoms with Crippen LogP contribution in [0, 0.1) is 18.8 Å². The van der Waals surface area contributed by atoms with E-state index in [4.69, 9.17) is 5.11 Å². The molecule has 74 valence electrons. The number of carboxylic acid groups (broad SMARTS) is 1. The van der Waals surface area contributed by atoms with E-state index in [9.17, 15) is 4.79 Å². The zero-order chi connectivity index (χ0) is 10.6. The fourth-order valence-electron chi connectivity index (χ4n) is 0.910. The maximum Gasteiger partial charge on any atom is 0.345 e. The van der Waals surface area contributed by atoms with Crippen LogP contribution in [0.3, 0.4) is 0 Å². The average Bonchev–Trinajstić information content (AvgIpc) is 2.49. The SMILES string of the molecule is Cc1cc(C(=O)O)sc1C#CCCS. The number of thiophene rings is 1. The van der Waals surface area contributed by atoms with E-state index in [2.05, 4.69) is 24.5 Å². The summed E-state index contributed by atoms with van der Waals surface area (Å²) in [5, 5.41) is 8.74. The second kappa shape index (κ2) is 5.08. The highest BCUT2D eigenvalue weighted by Gasteiger charge is 2.08. The van der Waals surface area contributed by atoms with Gasteiger partial charge in [0.05, 0.1) is 4.88 Å². The highest BCUT2D eigenvalue weighted by atomic mass is 32.1. The summed E-state index contributed by atoms with van der Waals surface area (Å²) in [5.41, 5.74) is 0.930. The highest BCUT2D eigenvalue weighted by molar-refractivity contribution is 7.80. The Kier molecular flexibility index (Phi) is 4.05. The van der Waals surface area contributed by atoms with Gasteiger partial charge in [-0.3, -0.25) is 0 Å². The van der Waals surface area contributed by atoms with Crippen molar-refractivity contribution in [3.05, 3.63) is 21.4 Å². The van der Waals surface area contributed by atoms with Crippen LogP contribution in [-0.4, -0.2) is 16.8 Å². The summed E-state index contributed by atoms with van der Waals surface area (Å²) in [5.74, 6) is 5.72. The number of rotatable bonds is 2. The molecule has 1 rings (SSSR count). The predicted octanol–water partition coefficient (Wildman–Crippen LogP) is 2.43. The third-order valence-electron chi connectivity index (χ3n) is 1.57. The third-order valence-corrected chi connectivity index (χ3v) is 2.93. The summed E-state index contributed by atoms with van der Waals surface area (Å²) in [7, 11) is 0. The Morgan fingerprint density at radius 1 is 1.71 bits per heavy atom. The first-order valence-electron chi connectivity index (χ1n) is 4.08. The van der Waals surface area contributed by atoms with Gasteiger partial charge in [-0.05, 0) is 18.6 Å². The van der Waals surface area contributed by atoms with Gasteiger partial charge in [-0.25, -0.2) is 4.79 Å². The molecule has 0 spiro atoms. The number of hydrogen-bond donors (Lipinski definition) is 2. The van der Waals surface area contributed by atoms with Gasteiger partial charge in [0.2, 0.25) is 0 Å². The van der Waals surface area contributed by atoms with E-state index in [0.717, 1.165) is 22.6 Å². The van der Waals surface area contributed by atoms with Crippen molar-refractivity contribution >= 4 is 29.9 Å². The van der Waals surface area contributed by atoms with Crippen LogP contribution in [0.5, 0.6) is 0 Å². The predicted molar refractivity (Wildman–Crippen MR) is 61.4 cm³/mol. The van der Waals surface area contributed by atoms with Crippen molar-refractivity contribution in [1.29, 1.82) is 0 Å². The molecule has 0 bridgehead atoms. The number of aromatic carboxylic acids is 1. The average molecular weight is 226 g/mol. The van der Waals surface area contributed by atoms with E-state index in [0.29, 0.717) is 4.88 Å². The fraction of sp³-hybridized carbons (Fsp3) is 0.300. The summed E-state index contributed by atoms with van der Waals surface area (Å²) in [6.45, 7) is 1.87. The smallest absolute Gasteiger partial charge is 0.345 e. The zero-order valence-electron chi connectivity index (χ0n) is 7.70. The normalized spacial score (nSPS) is 9.29. The van der Waals surface area contributed by atoms with Gasteiger partial charge in [0, 0.05) is 12.2 Å². The second-order valence-corrected chi connectivity index (χ2v) is 4.20. The summed E-state index contributed by atoms with van der Waals surface area (Å²) in [4.78, 5) is 11.8. The first-order valence-corrected chi connectivity index (χ1v) is 5.53. The molecule has 2 nitrogen and oxygen atoms in total. The first-order chi connectivity index (χ1) is 6.65. The highest BCUT2D eigenvalue weighted by Crippen LogP contribution is 2.20. The van der Waals surface area contributed by atoms with Crippen molar-refractivity contribution in [3.8, 4) is 11.8 Å². The standard InChI is InChI=1S/C10H10O2S2/c1-7-6-9(10(11)12)14-8(7)4-2-3-5-13/h6,13H,3,5H2,1H3,(H,11,12). The fourth-order valence-corrected chi connectivity index (χ4v) is 1.91. The Balaban J connectivity index is 2.89. The van der Waals surface area contributed by atoms with Crippen molar-refractivity contribution in [3.63, 3.8) is 0 Å². The molecule has 0 amide bonds. The molecule has 1 aromatic rings. The van der Waals surface area contributed by atoms with E-state index in [1.165, 1.54) is 11.3 Å². The topological polar surface area (TPSA) is 37.3 Å². The Hall–Kier alpha value is -0.920. The maximum absolute atomic E-state index is 10.6. The van der Waals surface area contributed by atoms with Crippen molar-refractivity contribution in [1.82, 2.24) is 0 Å². The molecule has 1 aromatic heterocycles. The summed E-state index contributed by atoms with van der Waals surface area (Å²) < 4.78 is 0. The molecular formula is C10H10O2S2. The van der Waals surface area contributed by atoms with E-state index in [1.54, 1.807) is 6.07 Å². The molecule has 0 aromatic carbocycles. The Morgan fingerprint density at radius 3 is 2.93 bits per heavy atom. The van der Waals surface area contributed by atoms with Crippen molar-refractivity contribution in [2.24, 2.45) is 0 Å². The van der Waals surface area contributed by atoms with Crippen LogP contribution in [-0.2, 0) is 0 Å². The van der Waals surface area contributed by atoms with Crippen LogP contribution in [0.1, 0.15) is 26.5 Å². The molecule has 0 unspecified atom stereocenters. The van der Waals surface area contributed by atoms with Gasteiger partial charge in [0.15, 0.2) is 0 Å². The van der Waals surface area contributed by atoms with Gasteiger partial charge in [0.1, 0.15) is 4.88 Å². The molecule has 0 aliphatic heterocycles. The molecule has 0 atom stereocenters. The van der Waals surface area contributed by atoms with Gasteiger partial charge in [0.25, 0.3) is 0 Å². The number of hydrogen-bond acceptors (Lipinski definition) is 3. The van der Waals surface area contributed by atoms with Gasteiger partial charge in [-0.2, -0.15) is 12.6 Å². The lowest BCUT2D eigenvalue weighted by molar-refractivity contribution is 0.0702. The lowest BCUT2D eigenvalue weighted by atomic mass is 10.2. The molecule has 4 heteroatoms. The minimum Gasteiger partial charge on any atom is -0.477 e. The largest absolute Gasteiger partial charge is 0.477 e. The van der Waals surface area contributed by atoms with Crippen molar-refractivity contribution < 1.29 is 9.90 Å². The molecule has 1 N–H and O–H groups in total. The van der Waals surface area contributed by atoms with E-state index < -0.39 is 5.97 Å². The maximum atomic E-state index is 10.6. The third kappa shape index (κ3) is 2.79. The van der Waals surface area contributed by atoms with Crippen LogP contribution in [0.4, 0.5) is 0 Å². The summed E-state index contributed by atoms with van der Waals surface area (Å²) in [6, 6.07) is 1.65. The van der Waals surface area contributed by atoms with Crippen LogP contribution < -0.4 is 0 Å². The van der Waals surface area contributed by atoms with Crippen LogP contribution in [0.25, 0.3) is 0 Å². The Morgan fingerprint density at radius 2 is 2.43 bits per heavy atom. The Bertz CT molecular complexity index is 396. The summed E-state index contributed by atoms with van der Waals surface area (Å²) in [6.07, 6.45) is 0.725. The molecular weight excluding hydrogens is 216 g/mol. The van der Waals surface area contributed by atoms with E-state index in [1.807, 2.05) is 6.92 Å². The monoisotopic (exact) mass is 226 g/mol. The van der Waals surface area contributed by atoms with Crippen molar-refractivity contribution in [2.45, 2.75) is 13.3 Å². The molecule has 0 fully saturated rings. The summed E-state index contributed by atoms with van der Waals surface area (Å²) >= 11 is 5.26. The number of carboxylic acids is 1. The van der Waals surface area contributed by atoms with Crippen LogP contribution in [0.15, 0.2) is 6.07 Å². The van der Waals surface area contributed by atoms with Gasteiger partial charge in [-0.1, -0.05) is 11.8 Å². The molecule has 0 saturated heterocycles. The van der Waals surface area contributed by atoms with Gasteiger partial charge < -0.3 is 5.11 Å². The van der Waals surface area contributed by atoms with E-state index >= 15 is 0 Å². The quantitative estimate of drug-likeness (QED) is 0.600. The zero-order valence-corrected chi connectivity index (χ0v) is 9.41. The van der Waals surface area contributed by atoms with Crippen molar-refractivity contribution in [2.75, 3.05) is 5.75 Å². The van der Waals surface area contributed by atoms with E-state index in [-0.39, 0.29) is 0 Å². The molecule has 0 aliphatic carbocycles. The number of aryl methyl sites for hydroxylation is 1. The van der Waals surface area contributed by atoms with Crippen LogP contribution in [0.2, 0.25) is 0 Å². The number of thiol groups is 1. The minimum absolute atomic E-state index is 0.345. The molecule has 0 radical (unpaired) electrons. The van der Waals surface area contributed by atoms with Gasteiger partial charge >= 0.3 is 5.97 Å². The van der Waals surface area contributed by atoms with Crippen LogP contribution >= 0.6 is 24.0 Å². The minimum atomic E-state index is -0.889. The second-order valence-electron chi connectivity index (χ2n) is 2.70. The molecule has 0 saturated carbocycles. The lowest BCUT2D eigenvalue weighted by Gasteiger charge is -1.83. The lowest BCUT2D eigenvalue weighted by Crippen LogP contribution is -1.89. The Labute approximate surface area is 92.4 Å². The first kappa shape index (κ1) is 11.2. The number of carbonyl (C=O) groups is 1. The molecule has 0 aliphatic rings. The molecule has 14 heavy (non-hydrogen) atoms.